The molecule has 0 aromatic heterocycles. The van der Waals surface area contributed by atoms with Crippen LogP contribution in [0.4, 0.5) is 0 Å². The highest BCUT2D eigenvalue weighted by atomic mass is 28.4. The minimum atomic E-state index is -1.93. The normalized spacial score (nSPS) is 20.8. The Kier molecular flexibility index (Phi) is 15.0. The molecule has 0 aliphatic carbocycles. The van der Waals surface area contributed by atoms with E-state index in [1.54, 1.807) is 25.3 Å². The number of hydrogen-bond donors (Lipinski definition) is 1. The van der Waals surface area contributed by atoms with E-state index in [9.17, 15) is 9.90 Å². The van der Waals surface area contributed by atoms with Crippen LogP contribution in [-0.4, -0.2) is 85.3 Å². The molecule has 5 atom stereocenters. The lowest BCUT2D eigenvalue weighted by Gasteiger charge is -2.39. The maximum atomic E-state index is 13.4. The standard InChI is InChI=1S/C36H62O9Si2/c1-25(26(2)45-47(13,14)35(3,4)5)18-19-29(37)33-30(43-36(6,7)44-33)17-15-16-27-22-28(40-9)23-31(42-24-39-8)32(27)34(38)41-20-21-46(10,11)12/h15-16,18-19,22-23,25-26,29-30,33,37H,17,20-21,24H2,1-14H3/b16-15+,19-18-/t25-,26?,29?,30-,33+/m0/s1. The second-order valence-corrected chi connectivity index (χ2v) is 26.1. The summed E-state index contributed by atoms with van der Waals surface area (Å²) in [6.45, 7) is 26.1. The Labute approximate surface area is 286 Å². The van der Waals surface area contributed by atoms with Crippen molar-refractivity contribution in [2.24, 2.45) is 5.92 Å². The number of hydrogen-bond acceptors (Lipinski definition) is 9. The Morgan fingerprint density at radius 1 is 1.06 bits per heavy atom. The Hall–Kier alpha value is -2.00. The van der Waals surface area contributed by atoms with Gasteiger partial charge in [-0.2, -0.15) is 0 Å². The number of rotatable bonds is 17. The van der Waals surface area contributed by atoms with Gasteiger partial charge in [-0.25, -0.2) is 4.79 Å². The van der Waals surface area contributed by atoms with Crippen molar-refractivity contribution >= 4 is 28.4 Å². The van der Waals surface area contributed by atoms with E-state index in [1.807, 2.05) is 32.1 Å². The van der Waals surface area contributed by atoms with Crippen LogP contribution in [0, 0.1) is 5.92 Å². The lowest BCUT2D eigenvalue weighted by atomic mass is 10.00. The van der Waals surface area contributed by atoms with Crippen molar-refractivity contribution in [2.45, 2.75) is 129 Å². The molecule has 0 amide bonds. The van der Waals surface area contributed by atoms with Crippen molar-refractivity contribution in [2.75, 3.05) is 27.6 Å². The molecule has 0 radical (unpaired) electrons. The number of esters is 1. The Balaban J connectivity index is 2.27. The fourth-order valence-corrected chi connectivity index (χ4v) is 7.02. The first-order valence-corrected chi connectivity index (χ1v) is 23.3. The summed E-state index contributed by atoms with van der Waals surface area (Å²) in [7, 11) is -0.258. The lowest BCUT2D eigenvalue weighted by Crippen LogP contribution is -2.44. The molecule has 47 heavy (non-hydrogen) atoms. The maximum absolute atomic E-state index is 13.4. The summed E-state index contributed by atoms with van der Waals surface area (Å²) in [5.41, 5.74) is 0.870. The average molecular weight is 695 g/mol. The summed E-state index contributed by atoms with van der Waals surface area (Å²) < 4.78 is 41.1. The number of carbonyl (C=O) groups excluding carboxylic acids is 1. The third-order valence-electron chi connectivity index (χ3n) is 8.83. The van der Waals surface area contributed by atoms with Gasteiger partial charge in [0.25, 0.3) is 0 Å². The lowest BCUT2D eigenvalue weighted by molar-refractivity contribution is -0.152. The van der Waals surface area contributed by atoms with Gasteiger partial charge in [0, 0.05) is 27.4 Å². The first kappa shape index (κ1) is 41.2. The first-order valence-electron chi connectivity index (χ1n) is 16.7. The van der Waals surface area contributed by atoms with Crippen LogP contribution in [0.25, 0.3) is 6.08 Å². The van der Waals surface area contributed by atoms with Crippen molar-refractivity contribution in [3.8, 4) is 11.5 Å². The molecule has 0 bridgehead atoms. The van der Waals surface area contributed by atoms with Crippen LogP contribution in [0.5, 0.6) is 11.5 Å². The van der Waals surface area contributed by atoms with Crippen molar-refractivity contribution < 1.29 is 42.7 Å². The molecule has 9 nitrogen and oxygen atoms in total. The molecule has 0 spiro atoms. The summed E-state index contributed by atoms with van der Waals surface area (Å²) in [6.07, 6.45) is 6.05. The summed E-state index contributed by atoms with van der Waals surface area (Å²) >= 11 is 0. The summed E-state index contributed by atoms with van der Waals surface area (Å²) in [4.78, 5) is 13.4. The van der Waals surface area contributed by atoms with E-state index in [4.69, 9.17) is 32.8 Å². The molecule has 0 saturated carbocycles. The molecule has 1 aliphatic rings. The van der Waals surface area contributed by atoms with Crippen molar-refractivity contribution in [3.05, 3.63) is 41.5 Å². The average Bonchev–Trinajstić information content (AvgIpc) is 3.26. The van der Waals surface area contributed by atoms with Crippen LogP contribution >= 0.6 is 0 Å². The molecular weight excluding hydrogens is 633 g/mol. The molecule has 1 aromatic carbocycles. The Morgan fingerprint density at radius 2 is 1.72 bits per heavy atom. The SMILES string of the molecule is COCOc1cc(OC)cc(/C=C/C[C@@H]2OC(C)(C)O[C@@H]2C(O)/C=C\[C@H](C)C(C)O[Si](C)(C)C(C)(C)C)c1C(=O)OCC[Si](C)(C)C. The van der Waals surface area contributed by atoms with Crippen molar-refractivity contribution in [3.63, 3.8) is 0 Å². The summed E-state index contributed by atoms with van der Waals surface area (Å²) in [5.74, 6) is -0.415. The highest BCUT2D eigenvalue weighted by Crippen LogP contribution is 2.38. The van der Waals surface area contributed by atoms with E-state index in [-0.39, 0.29) is 23.9 Å². The van der Waals surface area contributed by atoms with Gasteiger partial charge in [0.1, 0.15) is 29.3 Å². The smallest absolute Gasteiger partial charge is 0.342 e. The van der Waals surface area contributed by atoms with E-state index in [2.05, 4.69) is 67.4 Å². The monoisotopic (exact) mass is 694 g/mol. The Morgan fingerprint density at radius 3 is 2.30 bits per heavy atom. The van der Waals surface area contributed by atoms with E-state index < -0.39 is 46.5 Å². The predicted octanol–water partition coefficient (Wildman–Crippen LogP) is 8.06. The van der Waals surface area contributed by atoms with Crippen LogP contribution in [-0.2, 0) is 23.4 Å². The van der Waals surface area contributed by atoms with Gasteiger partial charge in [-0.15, -0.1) is 0 Å². The third kappa shape index (κ3) is 12.8. The summed E-state index contributed by atoms with van der Waals surface area (Å²) in [5, 5.41) is 11.4. The molecular formula is C36H62O9Si2. The molecule has 1 N–H and O–H groups in total. The first-order chi connectivity index (χ1) is 21.6. The molecule has 1 fully saturated rings. The number of ether oxygens (including phenoxy) is 6. The fourth-order valence-electron chi connectivity index (χ4n) is 4.80. The van der Waals surface area contributed by atoms with E-state index in [1.165, 1.54) is 7.11 Å². The van der Waals surface area contributed by atoms with Gasteiger partial charge >= 0.3 is 5.97 Å². The summed E-state index contributed by atoms with van der Waals surface area (Å²) in [6, 6.07) is 4.27. The zero-order valence-electron chi connectivity index (χ0n) is 31.4. The second-order valence-electron chi connectivity index (χ2n) is 15.7. The van der Waals surface area contributed by atoms with Gasteiger partial charge in [0.15, 0.2) is 20.9 Å². The van der Waals surface area contributed by atoms with Gasteiger partial charge in [-0.3, -0.25) is 0 Å². The molecule has 1 aromatic rings. The number of carbonyl (C=O) groups is 1. The molecule has 2 rings (SSSR count). The van der Waals surface area contributed by atoms with Gasteiger partial charge < -0.3 is 38.0 Å². The number of aliphatic hydroxyl groups is 1. The van der Waals surface area contributed by atoms with Crippen molar-refractivity contribution in [1.82, 2.24) is 0 Å². The maximum Gasteiger partial charge on any atom is 0.342 e. The third-order valence-corrected chi connectivity index (χ3v) is 15.1. The van der Waals surface area contributed by atoms with E-state index in [0.717, 1.165) is 6.04 Å². The van der Waals surface area contributed by atoms with Gasteiger partial charge in [0.2, 0.25) is 0 Å². The second kappa shape index (κ2) is 17.1. The van der Waals surface area contributed by atoms with Crippen LogP contribution in [0.1, 0.15) is 70.8 Å². The largest absolute Gasteiger partial charge is 0.497 e. The van der Waals surface area contributed by atoms with E-state index in [0.29, 0.717) is 35.7 Å². The molecule has 11 heteroatoms. The molecule has 268 valence electrons. The fraction of sp³-hybridized carbons (Fsp3) is 0.694. The quantitative estimate of drug-likeness (QED) is 0.0751. The number of methoxy groups -OCH3 is 2. The van der Waals surface area contributed by atoms with Crippen LogP contribution < -0.4 is 9.47 Å². The van der Waals surface area contributed by atoms with Crippen LogP contribution in [0.3, 0.4) is 0 Å². The van der Waals surface area contributed by atoms with E-state index >= 15 is 0 Å². The number of benzene rings is 1. The predicted molar refractivity (Wildman–Crippen MR) is 193 cm³/mol. The zero-order chi connectivity index (χ0) is 35.8. The topological polar surface area (TPSA) is 102 Å². The minimum absolute atomic E-state index is 0.00677. The highest BCUT2D eigenvalue weighted by Gasteiger charge is 2.44. The van der Waals surface area contributed by atoms with Crippen LogP contribution in [0.15, 0.2) is 30.4 Å². The molecule has 2 unspecified atom stereocenters. The molecule has 1 saturated heterocycles. The van der Waals surface area contributed by atoms with Gasteiger partial charge in [-0.05, 0) is 68.9 Å². The highest BCUT2D eigenvalue weighted by molar-refractivity contribution is 6.76. The molecule has 1 aliphatic heterocycles. The minimum Gasteiger partial charge on any atom is -0.497 e. The van der Waals surface area contributed by atoms with Gasteiger partial charge in [0.05, 0.1) is 19.8 Å². The Bertz CT molecular complexity index is 1210. The number of aliphatic hydroxyl groups excluding tert-OH is 1. The van der Waals surface area contributed by atoms with Crippen LogP contribution in [0.2, 0.25) is 43.8 Å². The van der Waals surface area contributed by atoms with Crippen molar-refractivity contribution in [1.29, 1.82) is 0 Å². The molecule has 1 heterocycles. The zero-order valence-corrected chi connectivity index (χ0v) is 33.4. The van der Waals surface area contributed by atoms with Gasteiger partial charge in [-0.1, -0.05) is 71.6 Å².